The van der Waals surface area contributed by atoms with Crippen molar-refractivity contribution in [3.63, 3.8) is 0 Å². The molecule has 4 nitrogen and oxygen atoms in total. The van der Waals surface area contributed by atoms with E-state index in [4.69, 9.17) is 0 Å². The van der Waals surface area contributed by atoms with E-state index in [1.165, 1.54) is 16.8 Å². The van der Waals surface area contributed by atoms with E-state index in [2.05, 4.69) is 15.1 Å². The van der Waals surface area contributed by atoms with Crippen molar-refractivity contribution in [2.75, 3.05) is 0 Å². The third kappa shape index (κ3) is 2.11. The van der Waals surface area contributed by atoms with Crippen LogP contribution in [0.4, 0.5) is 13.2 Å². The molecular formula is C13H9F3N4. The smallest absolute Gasteiger partial charge is 0.251 e. The summed E-state index contributed by atoms with van der Waals surface area (Å²) < 4.78 is 39.7. The maximum Gasteiger partial charge on any atom is 0.416 e. The topological polar surface area (TPSA) is 43.1 Å². The Balaban J connectivity index is 2.21. The molecule has 7 heteroatoms. The lowest BCUT2D eigenvalue weighted by atomic mass is 10.1. The Bertz CT molecular complexity index is 777. The van der Waals surface area contributed by atoms with Crippen LogP contribution in [-0.2, 0) is 6.18 Å². The molecule has 0 aliphatic carbocycles. The Kier molecular flexibility index (Phi) is 2.70. The summed E-state index contributed by atoms with van der Waals surface area (Å²) in [5, 5.41) is 4.11. The minimum atomic E-state index is -4.38. The van der Waals surface area contributed by atoms with Crippen molar-refractivity contribution < 1.29 is 13.2 Å². The average molecular weight is 278 g/mol. The zero-order chi connectivity index (χ0) is 14.3. The Morgan fingerprint density at radius 1 is 1.20 bits per heavy atom. The summed E-state index contributed by atoms with van der Waals surface area (Å²) in [6.07, 6.45) is -1.30. The van der Waals surface area contributed by atoms with Crippen LogP contribution in [0.15, 0.2) is 36.7 Å². The molecular weight excluding hydrogens is 269 g/mol. The van der Waals surface area contributed by atoms with Gasteiger partial charge in [-0.1, -0.05) is 12.1 Å². The number of alkyl halides is 3. The molecule has 0 radical (unpaired) electrons. The van der Waals surface area contributed by atoms with Crippen LogP contribution in [-0.4, -0.2) is 19.6 Å². The van der Waals surface area contributed by atoms with Crippen LogP contribution in [0.2, 0.25) is 0 Å². The monoisotopic (exact) mass is 278 g/mol. The van der Waals surface area contributed by atoms with E-state index in [0.717, 1.165) is 12.1 Å². The van der Waals surface area contributed by atoms with E-state index in [0.29, 0.717) is 22.7 Å². The molecule has 2 aromatic heterocycles. The number of hydrogen-bond acceptors (Lipinski definition) is 3. The average Bonchev–Trinajstić information content (AvgIpc) is 2.77. The van der Waals surface area contributed by atoms with Gasteiger partial charge >= 0.3 is 6.18 Å². The van der Waals surface area contributed by atoms with Gasteiger partial charge in [-0.05, 0) is 19.1 Å². The van der Waals surface area contributed by atoms with Gasteiger partial charge in [-0.15, -0.1) is 0 Å². The zero-order valence-electron chi connectivity index (χ0n) is 10.4. The van der Waals surface area contributed by atoms with E-state index < -0.39 is 11.7 Å². The van der Waals surface area contributed by atoms with Crippen molar-refractivity contribution in [3.05, 3.63) is 48.0 Å². The van der Waals surface area contributed by atoms with Crippen LogP contribution >= 0.6 is 0 Å². The van der Waals surface area contributed by atoms with Gasteiger partial charge in [0.1, 0.15) is 11.5 Å². The molecule has 0 unspecified atom stereocenters. The second-order valence-electron chi connectivity index (χ2n) is 4.28. The van der Waals surface area contributed by atoms with E-state index >= 15 is 0 Å². The van der Waals surface area contributed by atoms with Crippen molar-refractivity contribution in [2.45, 2.75) is 13.1 Å². The largest absolute Gasteiger partial charge is 0.416 e. The summed E-state index contributed by atoms with van der Waals surface area (Å²) in [7, 11) is 0. The number of aromatic nitrogens is 4. The number of halogens is 3. The summed E-state index contributed by atoms with van der Waals surface area (Å²) in [6.45, 7) is 1.71. The summed E-state index contributed by atoms with van der Waals surface area (Å²) in [5.74, 6) is 0.534. The first-order chi connectivity index (χ1) is 9.45. The van der Waals surface area contributed by atoms with Gasteiger partial charge in [0.05, 0.1) is 5.56 Å². The highest BCUT2D eigenvalue weighted by Gasteiger charge is 2.30. The molecule has 0 aliphatic rings. The first-order valence-corrected chi connectivity index (χ1v) is 5.81. The van der Waals surface area contributed by atoms with Gasteiger partial charge in [0.2, 0.25) is 0 Å². The fourth-order valence-electron chi connectivity index (χ4n) is 1.97. The Hall–Kier alpha value is -2.44. The molecule has 0 amide bonds. The van der Waals surface area contributed by atoms with E-state index in [9.17, 15) is 13.2 Å². The fourth-order valence-corrected chi connectivity index (χ4v) is 1.97. The van der Waals surface area contributed by atoms with E-state index in [1.54, 1.807) is 19.2 Å². The number of fused-ring (bicyclic) bond motifs is 1. The molecule has 0 spiro atoms. The highest BCUT2D eigenvalue weighted by molar-refractivity contribution is 5.73. The third-order valence-corrected chi connectivity index (χ3v) is 2.82. The standard InChI is InChI=1S/C13H9F3N4/c1-8-18-12-11(17-5-6-20(12)19-8)9-3-2-4-10(7-9)13(14,15)16/h2-7H,1H3. The molecule has 0 saturated heterocycles. The first-order valence-electron chi connectivity index (χ1n) is 5.81. The quantitative estimate of drug-likeness (QED) is 0.687. The fraction of sp³-hybridized carbons (Fsp3) is 0.154. The molecule has 1 aromatic carbocycles. The van der Waals surface area contributed by atoms with Crippen LogP contribution in [0.25, 0.3) is 16.9 Å². The summed E-state index contributed by atoms with van der Waals surface area (Å²) >= 11 is 0. The number of nitrogens with zero attached hydrogens (tertiary/aromatic N) is 4. The predicted octanol–water partition coefficient (Wildman–Crippen LogP) is 3.12. The second-order valence-corrected chi connectivity index (χ2v) is 4.28. The molecule has 3 rings (SSSR count). The van der Waals surface area contributed by atoms with Crippen LogP contribution in [0.3, 0.4) is 0 Å². The first kappa shape index (κ1) is 12.6. The maximum atomic E-state index is 12.7. The Morgan fingerprint density at radius 3 is 2.75 bits per heavy atom. The van der Waals surface area contributed by atoms with Gasteiger partial charge in [-0.2, -0.15) is 18.3 Å². The molecule has 3 aromatic rings. The molecule has 0 atom stereocenters. The molecule has 20 heavy (non-hydrogen) atoms. The van der Waals surface area contributed by atoms with E-state index in [1.807, 2.05) is 0 Å². The van der Waals surface area contributed by atoms with Crippen molar-refractivity contribution in [3.8, 4) is 11.3 Å². The lowest BCUT2D eigenvalue weighted by Gasteiger charge is -2.08. The summed E-state index contributed by atoms with van der Waals surface area (Å²) in [5.41, 5.74) is 0.455. The minimum Gasteiger partial charge on any atom is -0.251 e. The van der Waals surface area contributed by atoms with Gasteiger partial charge < -0.3 is 0 Å². The Labute approximate surface area is 111 Å². The van der Waals surface area contributed by atoms with Gasteiger partial charge in [0.15, 0.2) is 5.65 Å². The van der Waals surface area contributed by atoms with Gasteiger partial charge in [-0.25, -0.2) is 9.50 Å². The lowest BCUT2D eigenvalue weighted by Crippen LogP contribution is -2.04. The third-order valence-electron chi connectivity index (χ3n) is 2.82. The molecule has 0 saturated carbocycles. The van der Waals surface area contributed by atoms with Crippen LogP contribution in [0.5, 0.6) is 0 Å². The number of benzene rings is 1. The van der Waals surface area contributed by atoms with Crippen molar-refractivity contribution in [1.29, 1.82) is 0 Å². The number of hydrogen-bond donors (Lipinski definition) is 0. The molecule has 0 aliphatic heterocycles. The van der Waals surface area contributed by atoms with Crippen molar-refractivity contribution >= 4 is 5.65 Å². The van der Waals surface area contributed by atoms with Crippen molar-refractivity contribution in [2.24, 2.45) is 0 Å². The van der Waals surface area contributed by atoms with Crippen molar-refractivity contribution in [1.82, 2.24) is 19.6 Å². The lowest BCUT2D eigenvalue weighted by molar-refractivity contribution is -0.137. The Morgan fingerprint density at radius 2 is 2.00 bits per heavy atom. The summed E-state index contributed by atoms with van der Waals surface area (Å²) in [6, 6.07) is 5.01. The molecule has 102 valence electrons. The van der Waals surface area contributed by atoms with Gasteiger partial charge in [0, 0.05) is 18.0 Å². The van der Waals surface area contributed by atoms with Crippen LogP contribution in [0, 0.1) is 6.92 Å². The van der Waals surface area contributed by atoms with Gasteiger partial charge in [0.25, 0.3) is 0 Å². The normalized spacial score (nSPS) is 12.0. The summed E-state index contributed by atoms with van der Waals surface area (Å²) in [4.78, 5) is 8.31. The highest BCUT2D eigenvalue weighted by atomic mass is 19.4. The zero-order valence-corrected chi connectivity index (χ0v) is 10.4. The number of aryl methyl sites for hydroxylation is 1. The predicted molar refractivity (Wildman–Crippen MR) is 66.0 cm³/mol. The molecule has 0 bridgehead atoms. The second kappa shape index (κ2) is 4.29. The maximum absolute atomic E-state index is 12.7. The minimum absolute atomic E-state index is 0.359. The van der Waals surface area contributed by atoms with Gasteiger partial charge in [-0.3, -0.25) is 4.98 Å². The highest BCUT2D eigenvalue weighted by Crippen LogP contribution is 2.32. The molecule has 2 heterocycles. The van der Waals surface area contributed by atoms with Crippen LogP contribution < -0.4 is 0 Å². The number of rotatable bonds is 1. The SMILES string of the molecule is Cc1nc2c(-c3cccc(C(F)(F)F)c3)nccn2n1. The van der Waals surface area contributed by atoms with E-state index in [-0.39, 0.29) is 0 Å². The molecule has 0 N–H and O–H groups in total. The van der Waals surface area contributed by atoms with Crippen LogP contribution in [0.1, 0.15) is 11.4 Å². The molecule has 0 fully saturated rings.